The molecule has 1 aliphatic carbocycles. The fourth-order valence-electron chi connectivity index (χ4n) is 3.06. The average molecular weight is 312 g/mol. The molecule has 1 N–H and O–H groups in total. The van der Waals surface area contributed by atoms with Gasteiger partial charge in [0.2, 0.25) is 5.91 Å². The minimum Gasteiger partial charge on any atom is -0.352 e. The highest BCUT2D eigenvalue weighted by molar-refractivity contribution is 5.86. The van der Waals surface area contributed by atoms with Gasteiger partial charge >= 0.3 is 0 Å². The molecule has 0 spiro atoms. The van der Waals surface area contributed by atoms with E-state index in [0.29, 0.717) is 6.04 Å². The van der Waals surface area contributed by atoms with Crippen LogP contribution >= 0.6 is 0 Å². The van der Waals surface area contributed by atoms with Crippen molar-refractivity contribution in [3.8, 4) is 5.82 Å². The number of aryl methyl sites for hydroxylation is 1. The molecule has 1 saturated carbocycles. The second-order valence-electron chi connectivity index (χ2n) is 6.21. The summed E-state index contributed by atoms with van der Waals surface area (Å²) in [6.45, 7) is 2.76. The third-order valence-electron chi connectivity index (χ3n) is 4.46. The van der Waals surface area contributed by atoms with Crippen molar-refractivity contribution in [3.05, 3.63) is 30.6 Å². The highest BCUT2D eigenvalue weighted by Crippen LogP contribution is 2.26. The first-order chi connectivity index (χ1) is 11.2. The molecule has 7 nitrogen and oxygen atoms in total. The molecule has 2 fully saturated rings. The fourth-order valence-corrected chi connectivity index (χ4v) is 3.06. The lowest BCUT2D eigenvalue weighted by Crippen LogP contribution is -2.44. The van der Waals surface area contributed by atoms with Crippen LogP contribution < -0.4 is 10.2 Å². The van der Waals surface area contributed by atoms with Gasteiger partial charge < -0.3 is 10.2 Å². The van der Waals surface area contributed by atoms with Gasteiger partial charge in [-0.15, -0.1) is 0 Å². The van der Waals surface area contributed by atoms with Crippen molar-refractivity contribution in [2.45, 2.75) is 44.7 Å². The number of nitrogens with zero attached hydrogens (tertiary/aromatic N) is 5. The molecule has 1 amide bonds. The third-order valence-corrected chi connectivity index (χ3v) is 4.46. The fraction of sp³-hybridized carbons (Fsp3) is 0.500. The van der Waals surface area contributed by atoms with Gasteiger partial charge in [0.25, 0.3) is 0 Å². The summed E-state index contributed by atoms with van der Waals surface area (Å²) in [5.41, 5.74) is 0. The van der Waals surface area contributed by atoms with Crippen LogP contribution in [-0.2, 0) is 4.79 Å². The molecule has 120 valence electrons. The molecule has 23 heavy (non-hydrogen) atoms. The molecular weight excluding hydrogens is 292 g/mol. The summed E-state index contributed by atoms with van der Waals surface area (Å²) < 4.78 is 1.89. The molecule has 3 heterocycles. The van der Waals surface area contributed by atoms with Crippen LogP contribution in [0.4, 0.5) is 5.82 Å². The predicted molar refractivity (Wildman–Crippen MR) is 85.4 cm³/mol. The summed E-state index contributed by atoms with van der Waals surface area (Å²) in [6, 6.07) is 0.250. The van der Waals surface area contributed by atoms with Gasteiger partial charge in [-0.3, -0.25) is 14.3 Å². The first-order valence-corrected chi connectivity index (χ1v) is 8.12. The van der Waals surface area contributed by atoms with Crippen LogP contribution in [0.2, 0.25) is 0 Å². The van der Waals surface area contributed by atoms with Gasteiger partial charge in [-0.1, -0.05) is 0 Å². The summed E-state index contributed by atoms with van der Waals surface area (Å²) in [5.74, 6) is 2.46. The van der Waals surface area contributed by atoms with E-state index in [4.69, 9.17) is 4.98 Å². The summed E-state index contributed by atoms with van der Waals surface area (Å²) in [4.78, 5) is 27.7. The minimum absolute atomic E-state index is 0.121. The maximum Gasteiger partial charge on any atom is 0.242 e. The smallest absolute Gasteiger partial charge is 0.242 e. The summed E-state index contributed by atoms with van der Waals surface area (Å²) in [5, 5.41) is 3.10. The van der Waals surface area contributed by atoms with Gasteiger partial charge in [0, 0.05) is 25.0 Å². The Bertz CT molecular complexity index is 723. The largest absolute Gasteiger partial charge is 0.352 e. The second-order valence-corrected chi connectivity index (χ2v) is 6.21. The molecule has 2 aromatic rings. The molecule has 1 atom stereocenters. The van der Waals surface area contributed by atoms with E-state index in [2.05, 4.69) is 20.2 Å². The van der Waals surface area contributed by atoms with Crippen LogP contribution in [0.1, 0.15) is 31.5 Å². The van der Waals surface area contributed by atoms with Gasteiger partial charge in [-0.2, -0.15) is 0 Å². The van der Waals surface area contributed by atoms with Crippen molar-refractivity contribution in [2.24, 2.45) is 0 Å². The number of nitrogens with one attached hydrogen (secondary N) is 1. The van der Waals surface area contributed by atoms with Crippen molar-refractivity contribution in [1.82, 2.24) is 24.8 Å². The summed E-state index contributed by atoms with van der Waals surface area (Å²) >= 11 is 0. The number of carbonyl (C=O) groups excluding carboxylic acids is 1. The molecule has 0 bridgehead atoms. The van der Waals surface area contributed by atoms with Gasteiger partial charge in [0.1, 0.15) is 17.7 Å². The highest BCUT2D eigenvalue weighted by atomic mass is 16.2. The molecule has 2 aromatic heterocycles. The van der Waals surface area contributed by atoms with Crippen molar-refractivity contribution in [1.29, 1.82) is 0 Å². The van der Waals surface area contributed by atoms with Crippen LogP contribution in [-0.4, -0.2) is 44.1 Å². The summed E-state index contributed by atoms with van der Waals surface area (Å²) in [7, 11) is 0. The maximum absolute atomic E-state index is 12.4. The number of aromatic nitrogens is 4. The lowest BCUT2D eigenvalue weighted by atomic mass is 10.2. The first kappa shape index (κ1) is 14.2. The Morgan fingerprint density at radius 2 is 2.09 bits per heavy atom. The van der Waals surface area contributed by atoms with Crippen LogP contribution in [0.3, 0.4) is 0 Å². The number of amides is 1. The van der Waals surface area contributed by atoms with Crippen LogP contribution in [0, 0.1) is 6.92 Å². The van der Waals surface area contributed by atoms with E-state index in [0.717, 1.165) is 49.7 Å². The topological polar surface area (TPSA) is 75.9 Å². The molecule has 2 aliphatic rings. The van der Waals surface area contributed by atoms with E-state index in [1.807, 2.05) is 17.7 Å². The maximum atomic E-state index is 12.4. The molecule has 0 unspecified atom stereocenters. The van der Waals surface area contributed by atoms with E-state index in [1.54, 1.807) is 18.6 Å². The Balaban J connectivity index is 1.59. The highest BCUT2D eigenvalue weighted by Gasteiger charge is 2.34. The number of rotatable bonds is 4. The Hall–Kier alpha value is -2.44. The zero-order valence-corrected chi connectivity index (χ0v) is 13.1. The quantitative estimate of drug-likeness (QED) is 0.918. The molecule has 0 aromatic carbocycles. The summed E-state index contributed by atoms with van der Waals surface area (Å²) in [6.07, 6.45) is 11.1. The van der Waals surface area contributed by atoms with Gasteiger partial charge in [0.15, 0.2) is 5.82 Å². The molecule has 4 rings (SSSR count). The minimum atomic E-state index is -0.135. The molecule has 7 heteroatoms. The lowest BCUT2D eigenvalue weighted by molar-refractivity contribution is -0.122. The zero-order chi connectivity index (χ0) is 15.8. The first-order valence-electron chi connectivity index (χ1n) is 8.12. The predicted octanol–water partition coefficient (Wildman–Crippen LogP) is 1.22. The molecular formula is C16H20N6O. The molecule has 0 radical (unpaired) electrons. The standard InChI is InChI=1S/C16H20N6O/c1-11-18-6-8-21(11)14-9-17-10-15(20-14)22-7-2-3-13(22)16(23)19-12-4-5-12/h6,8-10,12-13H,2-5,7H2,1H3,(H,19,23)/t13-/m1/s1. The van der Waals surface area contributed by atoms with E-state index in [9.17, 15) is 4.79 Å². The zero-order valence-electron chi connectivity index (χ0n) is 13.1. The van der Waals surface area contributed by atoms with Crippen LogP contribution in [0.5, 0.6) is 0 Å². The third kappa shape index (κ3) is 2.78. The Morgan fingerprint density at radius 3 is 2.83 bits per heavy atom. The van der Waals surface area contributed by atoms with E-state index < -0.39 is 0 Å². The number of hydrogen-bond donors (Lipinski definition) is 1. The SMILES string of the molecule is Cc1nccn1-c1cncc(N2CCC[C@@H]2C(=O)NC2CC2)n1. The number of anilines is 1. The van der Waals surface area contributed by atoms with Crippen molar-refractivity contribution in [2.75, 3.05) is 11.4 Å². The number of imidazole rings is 1. The van der Waals surface area contributed by atoms with Crippen molar-refractivity contribution in [3.63, 3.8) is 0 Å². The van der Waals surface area contributed by atoms with Crippen LogP contribution in [0.25, 0.3) is 5.82 Å². The normalized spacial score (nSPS) is 20.7. The Labute approximate surface area is 134 Å². The molecule has 1 aliphatic heterocycles. The average Bonchev–Trinajstić information content (AvgIpc) is 3.07. The second kappa shape index (κ2) is 5.64. The van der Waals surface area contributed by atoms with Crippen molar-refractivity contribution < 1.29 is 4.79 Å². The monoisotopic (exact) mass is 312 g/mol. The van der Waals surface area contributed by atoms with Gasteiger partial charge in [-0.05, 0) is 32.6 Å². The van der Waals surface area contributed by atoms with Gasteiger partial charge in [0.05, 0.1) is 12.4 Å². The Kier molecular flexibility index (Phi) is 3.48. The number of carbonyl (C=O) groups is 1. The lowest BCUT2D eigenvalue weighted by Gasteiger charge is -2.25. The van der Waals surface area contributed by atoms with Crippen molar-refractivity contribution >= 4 is 11.7 Å². The van der Waals surface area contributed by atoms with E-state index >= 15 is 0 Å². The Morgan fingerprint density at radius 1 is 1.26 bits per heavy atom. The van der Waals surface area contributed by atoms with E-state index in [-0.39, 0.29) is 11.9 Å². The molecule has 1 saturated heterocycles. The van der Waals surface area contributed by atoms with Gasteiger partial charge in [-0.25, -0.2) is 9.97 Å². The van der Waals surface area contributed by atoms with Crippen LogP contribution in [0.15, 0.2) is 24.8 Å². The number of hydrogen-bond acceptors (Lipinski definition) is 5. The van der Waals surface area contributed by atoms with E-state index in [1.165, 1.54) is 0 Å².